The lowest BCUT2D eigenvalue weighted by Crippen LogP contribution is -2.33. The van der Waals surface area contributed by atoms with Gasteiger partial charge in [-0.3, -0.25) is 0 Å². The van der Waals surface area contributed by atoms with E-state index < -0.39 is 5.60 Å². The van der Waals surface area contributed by atoms with Gasteiger partial charge < -0.3 is 10.1 Å². The zero-order valence-electron chi connectivity index (χ0n) is 14.1. The van der Waals surface area contributed by atoms with Gasteiger partial charge >= 0.3 is 6.09 Å². The molecule has 1 amide bonds. The first-order valence-electron chi connectivity index (χ1n) is 8.10. The van der Waals surface area contributed by atoms with Gasteiger partial charge in [-0.05, 0) is 64.7 Å². The first-order valence-corrected chi connectivity index (χ1v) is 8.10. The van der Waals surface area contributed by atoms with E-state index in [4.69, 9.17) is 4.74 Å². The van der Waals surface area contributed by atoms with Crippen LogP contribution in [0.4, 0.5) is 4.79 Å². The summed E-state index contributed by atoms with van der Waals surface area (Å²) in [5, 5.41) is 2.83. The van der Waals surface area contributed by atoms with Crippen molar-refractivity contribution < 1.29 is 9.53 Å². The maximum atomic E-state index is 11.6. The van der Waals surface area contributed by atoms with Crippen LogP contribution in [0.5, 0.6) is 0 Å². The molecule has 21 heavy (non-hydrogen) atoms. The van der Waals surface area contributed by atoms with Crippen LogP contribution in [0, 0.1) is 5.41 Å². The summed E-state index contributed by atoms with van der Waals surface area (Å²) in [5.74, 6) is 0. The molecule has 0 spiro atoms. The van der Waals surface area contributed by atoms with E-state index in [1.165, 1.54) is 19.3 Å². The highest BCUT2D eigenvalue weighted by Crippen LogP contribution is 2.46. The van der Waals surface area contributed by atoms with Crippen molar-refractivity contribution in [2.24, 2.45) is 5.41 Å². The van der Waals surface area contributed by atoms with E-state index in [1.54, 1.807) is 5.57 Å². The van der Waals surface area contributed by atoms with Gasteiger partial charge in [0.05, 0.1) is 0 Å². The van der Waals surface area contributed by atoms with Gasteiger partial charge in [-0.25, -0.2) is 4.79 Å². The molecule has 0 saturated heterocycles. The molecular formula is C18H31NO2. The smallest absolute Gasteiger partial charge is 0.407 e. The van der Waals surface area contributed by atoms with Crippen molar-refractivity contribution in [1.82, 2.24) is 5.32 Å². The third kappa shape index (κ3) is 5.56. The van der Waals surface area contributed by atoms with Crippen molar-refractivity contribution in [2.75, 3.05) is 6.54 Å². The summed E-state index contributed by atoms with van der Waals surface area (Å²) in [4.78, 5) is 11.6. The van der Waals surface area contributed by atoms with E-state index >= 15 is 0 Å². The fourth-order valence-electron chi connectivity index (χ4n) is 3.11. The van der Waals surface area contributed by atoms with Crippen LogP contribution in [0.1, 0.15) is 66.2 Å². The van der Waals surface area contributed by atoms with Crippen LogP contribution in [-0.4, -0.2) is 18.2 Å². The number of allylic oxidation sites excluding steroid dienone is 3. The lowest BCUT2D eigenvalue weighted by molar-refractivity contribution is 0.0527. The number of carbonyl (C=O) groups is 1. The number of hydrogen-bond donors (Lipinski definition) is 1. The summed E-state index contributed by atoms with van der Waals surface area (Å²) in [7, 11) is 0. The van der Waals surface area contributed by atoms with E-state index in [0.29, 0.717) is 12.0 Å². The van der Waals surface area contributed by atoms with Crippen LogP contribution in [0.2, 0.25) is 0 Å². The standard InChI is InChI=1S/C18H31NO2/c1-6-12-18(7-2)13-8-10-15(18)11-9-14-19-16(20)21-17(3,4)5/h6,10H,1,7-9,11-14H2,2-5H3,(H,19,20)/t18-/m1/s1. The molecule has 0 saturated carbocycles. The summed E-state index contributed by atoms with van der Waals surface area (Å²) < 4.78 is 5.23. The topological polar surface area (TPSA) is 38.3 Å². The molecule has 0 aromatic rings. The second kappa shape index (κ2) is 7.67. The van der Waals surface area contributed by atoms with Crippen molar-refractivity contribution in [3.05, 3.63) is 24.3 Å². The Morgan fingerprint density at radius 2 is 2.24 bits per heavy atom. The summed E-state index contributed by atoms with van der Waals surface area (Å²) in [5.41, 5.74) is 1.45. The van der Waals surface area contributed by atoms with Crippen molar-refractivity contribution in [3.63, 3.8) is 0 Å². The molecule has 0 unspecified atom stereocenters. The van der Waals surface area contributed by atoms with Crippen LogP contribution >= 0.6 is 0 Å². The first-order chi connectivity index (χ1) is 9.83. The molecule has 1 aliphatic carbocycles. The fourth-order valence-corrected chi connectivity index (χ4v) is 3.11. The first kappa shape index (κ1) is 17.8. The summed E-state index contributed by atoms with van der Waals surface area (Å²) in [6.45, 7) is 12.5. The van der Waals surface area contributed by atoms with Gasteiger partial charge in [-0.1, -0.05) is 24.6 Å². The Morgan fingerprint density at radius 3 is 2.81 bits per heavy atom. The SMILES string of the molecule is C=CC[C@]1(CC)CCC=C1CCCNC(=O)OC(C)(C)C. The van der Waals surface area contributed by atoms with Gasteiger partial charge in [-0.2, -0.15) is 0 Å². The van der Waals surface area contributed by atoms with Gasteiger partial charge in [0.15, 0.2) is 0 Å². The molecular weight excluding hydrogens is 262 g/mol. The molecule has 0 radical (unpaired) electrons. The van der Waals surface area contributed by atoms with Gasteiger partial charge in [-0.15, -0.1) is 6.58 Å². The molecule has 0 fully saturated rings. The minimum Gasteiger partial charge on any atom is -0.444 e. The van der Waals surface area contributed by atoms with Crippen LogP contribution in [0.3, 0.4) is 0 Å². The fraction of sp³-hybridized carbons (Fsp3) is 0.722. The van der Waals surface area contributed by atoms with Crippen LogP contribution in [0.15, 0.2) is 24.3 Å². The zero-order valence-corrected chi connectivity index (χ0v) is 14.1. The predicted molar refractivity (Wildman–Crippen MR) is 88.3 cm³/mol. The average molecular weight is 293 g/mol. The maximum Gasteiger partial charge on any atom is 0.407 e. The summed E-state index contributed by atoms with van der Waals surface area (Å²) in [6.07, 6.45) is 10.8. The predicted octanol–water partition coefficient (Wildman–Crippen LogP) is 4.98. The van der Waals surface area contributed by atoms with Crippen LogP contribution in [-0.2, 0) is 4.74 Å². The lowest BCUT2D eigenvalue weighted by Gasteiger charge is -2.30. The molecule has 0 bridgehead atoms. The zero-order chi connectivity index (χ0) is 15.9. The third-order valence-corrected chi connectivity index (χ3v) is 4.20. The normalized spacial score (nSPS) is 21.8. The second-order valence-electron chi connectivity index (χ2n) is 6.93. The highest BCUT2D eigenvalue weighted by atomic mass is 16.6. The Kier molecular flexibility index (Phi) is 6.50. The Morgan fingerprint density at radius 1 is 1.52 bits per heavy atom. The molecule has 1 rings (SSSR count). The number of amides is 1. The van der Waals surface area contributed by atoms with E-state index in [9.17, 15) is 4.79 Å². The van der Waals surface area contributed by atoms with Gasteiger partial charge in [0.1, 0.15) is 5.60 Å². The van der Waals surface area contributed by atoms with Crippen LogP contribution in [0.25, 0.3) is 0 Å². The Labute approximate surface area is 129 Å². The van der Waals surface area contributed by atoms with E-state index in [2.05, 4.69) is 24.9 Å². The monoisotopic (exact) mass is 293 g/mol. The number of hydrogen-bond acceptors (Lipinski definition) is 2. The maximum absolute atomic E-state index is 11.6. The van der Waals surface area contributed by atoms with Crippen LogP contribution < -0.4 is 5.32 Å². The van der Waals surface area contributed by atoms with E-state index in [-0.39, 0.29) is 6.09 Å². The van der Waals surface area contributed by atoms with E-state index in [0.717, 1.165) is 19.3 Å². The van der Waals surface area contributed by atoms with Crippen molar-refractivity contribution in [1.29, 1.82) is 0 Å². The highest BCUT2D eigenvalue weighted by molar-refractivity contribution is 5.67. The Bertz CT molecular complexity index is 393. The molecule has 1 aliphatic rings. The van der Waals surface area contributed by atoms with E-state index in [1.807, 2.05) is 26.8 Å². The quantitative estimate of drug-likeness (QED) is 0.531. The van der Waals surface area contributed by atoms with Gasteiger partial charge in [0.25, 0.3) is 0 Å². The molecule has 1 N–H and O–H groups in total. The molecule has 0 aliphatic heterocycles. The second-order valence-corrected chi connectivity index (χ2v) is 6.93. The Balaban J connectivity index is 2.35. The summed E-state index contributed by atoms with van der Waals surface area (Å²) >= 11 is 0. The number of alkyl carbamates (subject to hydrolysis) is 1. The molecule has 3 nitrogen and oxygen atoms in total. The highest BCUT2D eigenvalue weighted by Gasteiger charge is 2.33. The minimum absolute atomic E-state index is 0.323. The average Bonchev–Trinajstić information content (AvgIpc) is 2.76. The molecule has 120 valence electrons. The molecule has 0 aromatic carbocycles. The lowest BCUT2D eigenvalue weighted by atomic mass is 9.74. The number of rotatable bonds is 7. The van der Waals surface area contributed by atoms with Crippen molar-refractivity contribution in [3.8, 4) is 0 Å². The molecule has 0 aromatic heterocycles. The number of nitrogens with one attached hydrogen (secondary N) is 1. The molecule has 1 atom stereocenters. The molecule has 0 heterocycles. The van der Waals surface area contributed by atoms with Gasteiger partial charge in [0.2, 0.25) is 0 Å². The summed E-state index contributed by atoms with van der Waals surface area (Å²) in [6, 6.07) is 0. The van der Waals surface area contributed by atoms with Gasteiger partial charge in [0, 0.05) is 6.54 Å². The Hall–Kier alpha value is -1.25. The van der Waals surface area contributed by atoms with Crippen molar-refractivity contribution >= 4 is 6.09 Å². The molecule has 3 heteroatoms. The minimum atomic E-state index is -0.431. The number of ether oxygens (including phenoxy) is 1. The number of carbonyl (C=O) groups excluding carboxylic acids is 1. The van der Waals surface area contributed by atoms with Crippen molar-refractivity contribution in [2.45, 2.75) is 71.8 Å². The largest absolute Gasteiger partial charge is 0.444 e. The third-order valence-electron chi connectivity index (χ3n) is 4.20.